The summed E-state index contributed by atoms with van der Waals surface area (Å²) in [5.74, 6) is -0.666. The van der Waals surface area contributed by atoms with Crippen molar-refractivity contribution in [2.24, 2.45) is 5.73 Å². The molecule has 0 aliphatic carbocycles. The van der Waals surface area contributed by atoms with Gasteiger partial charge < -0.3 is 25.4 Å². The van der Waals surface area contributed by atoms with E-state index >= 15 is 0 Å². The Kier molecular flexibility index (Phi) is 7.29. The van der Waals surface area contributed by atoms with Gasteiger partial charge in [0.15, 0.2) is 18.1 Å². The Morgan fingerprint density at radius 1 is 1.13 bits per heavy atom. The molecule has 0 atom stereocenters. The number of carbonyl (C=O) groups is 2. The van der Waals surface area contributed by atoms with Gasteiger partial charge >= 0.3 is 0 Å². The number of hydrogen-bond donors (Lipinski definition) is 2. The molecule has 0 saturated carbocycles. The first-order valence-corrected chi connectivity index (χ1v) is 10.3. The quantitative estimate of drug-likeness (QED) is 0.660. The predicted molar refractivity (Wildman–Crippen MR) is 118 cm³/mol. The zero-order valence-electron chi connectivity index (χ0n) is 16.5. The van der Waals surface area contributed by atoms with E-state index in [1.807, 2.05) is 12.1 Å². The number of carbonyl (C=O) groups excluding carboxylic acids is 2. The second-order valence-electron chi connectivity index (χ2n) is 6.91. The van der Waals surface area contributed by atoms with E-state index in [9.17, 15) is 9.59 Å². The van der Waals surface area contributed by atoms with Crippen LogP contribution >= 0.6 is 23.2 Å². The van der Waals surface area contributed by atoms with Crippen LogP contribution in [0.5, 0.6) is 11.5 Å². The highest BCUT2D eigenvalue weighted by Gasteiger charge is 2.20. The summed E-state index contributed by atoms with van der Waals surface area (Å²) in [6.45, 7) is 1.50. The summed E-state index contributed by atoms with van der Waals surface area (Å²) in [5.41, 5.74) is 6.92. The molecule has 0 unspecified atom stereocenters. The van der Waals surface area contributed by atoms with Crippen molar-refractivity contribution < 1.29 is 19.1 Å². The minimum atomic E-state index is -0.652. The van der Waals surface area contributed by atoms with E-state index in [0.717, 1.165) is 31.6 Å². The second kappa shape index (κ2) is 9.91. The van der Waals surface area contributed by atoms with Crippen molar-refractivity contribution in [1.82, 2.24) is 0 Å². The molecule has 1 heterocycles. The molecule has 3 N–H and O–H groups in total. The number of rotatable bonds is 7. The molecule has 0 aromatic heterocycles. The zero-order valence-corrected chi connectivity index (χ0v) is 18.1. The molecule has 3 rings (SSSR count). The molecule has 30 heavy (non-hydrogen) atoms. The minimum absolute atomic E-state index is 0.128. The Morgan fingerprint density at radius 3 is 2.53 bits per heavy atom. The van der Waals surface area contributed by atoms with Crippen LogP contribution in [0.3, 0.4) is 0 Å². The van der Waals surface area contributed by atoms with Gasteiger partial charge in [0.25, 0.3) is 11.8 Å². The molecule has 1 aliphatic rings. The highest BCUT2D eigenvalue weighted by atomic mass is 35.5. The lowest BCUT2D eigenvalue weighted by molar-refractivity contribution is -0.119. The van der Waals surface area contributed by atoms with E-state index in [-0.39, 0.29) is 34.6 Å². The molecular formula is C21H23Cl2N3O4. The maximum absolute atomic E-state index is 13.0. The van der Waals surface area contributed by atoms with E-state index < -0.39 is 5.91 Å². The Labute approximate surface area is 185 Å². The minimum Gasteiger partial charge on any atom is -0.493 e. The average molecular weight is 452 g/mol. The first-order valence-electron chi connectivity index (χ1n) is 9.53. The Hall–Kier alpha value is -2.64. The number of amides is 2. The van der Waals surface area contributed by atoms with Crippen LogP contribution in [0.1, 0.15) is 29.6 Å². The van der Waals surface area contributed by atoms with E-state index in [1.54, 1.807) is 6.07 Å². The molecule has 9 heteroatoms. The molecule has 2 aromatic carbocycles. The smallest absolute Gasteiger partial charge is 0.255 e. The molecule has 2 aromatic rings. The Bertz CT molecular complexity index is 946. The van der Waals surface area contributed by atoms with E-state index in [2.05, 4.69) is 10.2 Å². The monoisotopic (exact) mass is 451 g/mol. The number of nitrogens with zero attached hydrogens (tertiary/aromatic N) is 1. The third-order valence-electron chi connectivity index (χ3n) is 4.75. The number of halogens is 2. The van der Waals surface area contributed by atoms with Gasteiger partial charge in [0, 0.05) is 23.7 Å². The highest BCUT2D eigenvalue weighted by molar-refractivity contribution is 6.33. The fraction of sp³-hybridized carbons (Fsp3) is 0.333. The van der Waals surface area contributed by atoms with Crippen molar-refractivity contribution in [3.63, 3.8) is 0 Å². The lowest BCUT2D eigenvalue weighted by atomic mass is 10.1. The molecule has 2 amide bonds. The van der Waals surface area contributed by atoms with Crippen molar-refractivity contribution >= 4 is 46.4 Å². The number of piperidine rings is 1. The summed E-state index contributed by atoms with van der Waals surface area (Å²) in [4.78, 5) is 26.2. The number of hydrogen-bond acceptors (Lipinski definition) is 5. The average Bonchev–Trinajstić information content (AvgIpc) is 2.73. The summed E-state index contributed by atoms with van der Waals surface area (Å²) in [7, 11) is 1.41. The highest BCUT2D eigenvalue weighted by Crippen LogP contribution is 2.37. The summed E-state index contributed by atoms with van der Waals surface area (Å²) >= 11 is 12.4. The van der Waals surface area contributed by atoms with Crippen LogP contribution in [0, 0.1) is 0 Å². The third-order valence-corrected chi connectivity index (χ3v) is 5.27. The fourth-order valence-corrected chi connectivity index (χ4v) is 3.79. The van der Waals surface area contributed by atoms with Gasteiger partial charge in [-0.15, -0.1) is 0 Å². The molecule has 0 radical (unpaired) electrons. The molecule has 160 valence electrons. The molecule has 0 bridgehead atoms. The van der Waals surface area contributed by atoms with Crippen LogP contribution in [-0.2, 0) is 4.79 Å². The standard InChI is InChI=1S/C21H23Cl2N3O4/c1-29-18-10-13(9-15(23)20(18)30-12-19(24)27)21(28)25-16-11-14(22)5-6-17(16)26-7-3-2-4-8-26/h5-6,9-11H,2-4,7-8,12H2,1H3,(H2,24,27)(H,25,28). The fourth-order valence-electron chi connectivity index (χ4n) is 3.35. The summed E-state index contributed by atoms with van der Waals surface area (Å²) in [5, 5.41) is 3.57. The van der Waals surface area contributed by atoms with Crippen LogP contribution in [0.4, 0.5) is 11.4 Å². The zero-order chi connectivity index (χ0) is 21.7. The van der Waals surface area contributed by atoms with Gasteiger partial charge in [0.05, 0.1) is 23.5 Å². The molecule has 7 nitrogen and oxygen atoms in total. The molecule has 0 spiro atoms. The van der Waals surface area contributed by atoms with Gasteiger partial charge in [0.2, 0.25) is 0 Å². The van der Waals surface area contributed by atoms with Crippen molar-refractivity contribution in [2.45, 2.75) is 19.3 Å². The van der Waals surface area contributed by atoms with Gasteiger partial charge in [-0.25, -0.2) is 0 Å². The molecule has 1 fully saturated rings. The van der Waals surface area contributed by atoms with Crippen LogP contribution < -0.4 is 25.4 Å². The molecular weight excluding hydrogens is 429 g/mol. The first kappa shape index (κ1) is 22.1. The van der Waals surface area contributed by atoms with Crippen LogP contribution in [0.25, 0.3) is 0 Å². The molecule has 1 aliphatic heterocycles. The number of benzene rings is 2. The van der Waals surface area contributed by atoms with Crippen molar-refractivity contribution in [2.75, 3.05) is 37.0 Å². The number of primary amides is 1. The third kappa shape index (κ3) is 5.29. The second-order valence-corrected chi connectivity index (χ2v) is 7.75. The Balaban J connectivity index is 1.86. The normalized spacial score (nSPS) is 13.6. The summed E-state index contributed by atoms with van der Waals surface area (Å²) in [6.07, 6.45) is 3.42. The number of anilines is 2. The van der Waals surface area contributed by atoms with Crippen molar-refractivity contribution in [3.8, 4) is 11.5 Å². The van der Waals surface area contributed by atoms with E-state index in [0.29, 0.717) is 10.7 Å². The first-order chi connectivity index (χ1) is 14.4. The van der Waals surface area contributed by atoms with Crippen LogP contribution in [-0.4, -0.2) is 38.6 Å². The summed E-state index contributed by atoms with van der Waals surface area (Å²) in [6, 6.07) is 8.39. The largest absolute Gasteiger partial charge is 0.493 e. The number of nitrogens with one attached hydrogen (secondary N) is 1. The van der Waals surface area contributed by atoms with Crippen molar-refractivity contribution in [3.05, 3.63) is 45.9 Å². The number of methoxy groups -OCH3 is 1. The SMILES string of the molecule is COc1cc(C(=O)Nc2cc(Cl)ccc2N2CCCCC2)cc(Cl)c1OCC(N)=O. The molecule has 1 saturated heterocycles. The van der Waals surface area contributed by atoms with Gasteiger partial charge in [-0.3, -0.25) is 9.59 Å². The maximum atomic E-state index is 13.0. The lowest BCUT2D eigenvalue weighted by Gasteiger charge is -2.30. The maximum Gasteiger partial charge on any atom is 0.255 e. The Morgan fingerprint density at radius 2 is 1.87 bits per heavy atom. The van der Waals surface area contributed by atoms with Crippen LogP contribution in [0.2, 0.25) is 10.0 Å². The van der Waals surface area contributed by atoms with Gasteiger partial charge in [-0.05, 0) is 49.6 Å². The predicted octanol–water partition coefficient (Wildman–Crippen LogP) is 4.11. The van der Waals surface area contributed by atoms with E-state index in [1.165, 1.54) is 25.7 Å². The topological polar surface area (TPSA) is 93.9 Å². The lowest BCUT2D eigenvalue weighted by Crippen LogP contribution is -2.30. The van der Waals surface area contributed by atoms with Crippen LogP contribution in [0.15, 0.2) is 30.3 Å². The van der Waals surface area contributed by atoms with Gasteiger partial charge in [-0.1, -0.05) is 23.2 Å². The summed E-state index contributed by atoms with van der Waals surface area (Å²) < 4.78 is 10.6. The number of nitrogens with two attached hydrogens (primary N) is 1. The number of ether oxygens (including phenoxy) is 2. The van der Waals surface area contributed by atoms with E-state index in [4.69, 9.17) is 38.4 Å². The van der Waals surface area contributed by atoms with Crippen molar-refractivity contribution in [1.29, 1.82) is 0 Å². The van der Waals surface area contributed by atoms with Gasteiger partial charge in [0.1, 0.15) is 0 Å². The van der Waals surface area contributed by atoms with Gasteiger partial charge in [-0.2, -0.15) is 0 Å².